The van der Waals surface area contributed by atoms with Crippen molar-refractivity contribution in [3.63, 3.8) is 0 Å². The first-order valence-corrected chi connectivity index (χ1v) is 6.86. The van der Waals surface area contributed by atoms with Crippen LogP contribution in [0.3, 0.4) is 0 Å². The zero-order valence-corrected chi connectivity index (χ0v) is 11.7. The Balaban J connectivity index is 1.75. The summed E-state index contributed by atoms with van der Waals surface area (Å²) in [7, 11) is 0. The number of nitro groups is 1. The summed E-state index contributed by atoms with van der Waals surface area (Å²) >= 11 is 0. The molecule has 0 aliphatic carbocycles. The van der Waals surface area contributed by atoms with Gasteiger partial charge in [-0.3, -0.25) is 15.0 Å². The third kappa shape index (κ3) is 4.47. The Morgan fingerprint density at radius 3 is 2.60 bits per heavy atom. The van der Waals surface area contributed by atoms with E-state index in [1.807, 2.05) is 6.92 Å². The molecule has 0 N–H and O–H groups in total. The Morgan fingerprint density at radius 2 is 2.00 bits per heavy atom. The summed E-state index contributed by atoms with van der Waals surface area (Å²) in [5.74, 6) is 0.671. The number of non-ortho nitro benzene ring substituents is 1. The van der Waals surface area contributed by atoms with Crippen LogP contribution < -0.4 is 4.74 Å². The van der Waals surface area contributed by atoms with Gasteiger partial charge in [0.15, 0.2) is 0 Å². The zero-order chi connectivity index (χ0) is 14.4. The van der Waals surface area contributed by atoms with Crippen molar-refractivity contribution in [1.82, 2.24) is 4.90 Å². The lowest BCUT2D eigenvalue weighted by atomic mass is 10.2. The molecule has 1 aromatic carbocycles. The molecule has 1 heterocycles. The second-order valence-electron chi connectivity index (χ2n) is 4.92. The summed E-state index contributed by atoms with van der Waals surface area (Å²) in [4.78, 5) is 12.5. The number of ether oxygens (including phenoxy) is 2. The van der Waals surface area contributed by atoms with Crippen molar-refractivity contribution in [1.29, 1.82) is 0 Å². The highest BCUT2D eigenvalue weighted by Gasteiger charge is 2.13. The van der Waals surface area contributed by atoms with Crippen molar-refractivity contribution in [2.45, 2.75) is 19.4 Å². The normalized spacial score (nSPS) is 17.6. The minimum atomic E-state index is -0.411. The lowest BCUT2D eigenvalue weighted by Gasteiger charge is -2.27. The number of hydrogen-bond donors (Lipinski definition) is 0. The predicted molar refractivity (Wildman–Crippen MR) is 75.1 cm³/mol. The molecule has 6 heteroatoms. The van der Waals surface area contributed by atoms with E-state index in [0.717, 1.165) is 39.3 Å². The third-order valence-corrected chi connectivity index (χ3v) is 3.34. The fraction of sp³-hybridized carbons (Fsp3) is 0.571. The first-order chi connectivity index (χ1) is 9.65. The van der Waals surface area contributed by atoms with Gasteiger partial charge in [-0.25, -0.2) is 0 Å². The largest absolute Gasteiger partial charge is 0.491 e. The highest BCUT2D eigenvalue weighted by Crippen LogP contribution is 2.19. The van der Waals surface area contributed by atoms with Gasteiger partial charge in [-0.05, 0) is 25.5 Å². The highest BCUT2D eigenvalue weighted by molar-refractivity contribution is 5.36. The quantitative estimate of drug-likeness (QED) is 0.589. The maximum atomic E-state index is 10.6. The van der Waals surface area contributed by atoms with Gasteiger partial charge in [-0.1, -0.05) is 0 Å². The van der Waals surface area contributed by atoms with Crippen LogP contribution in [0.5, 0.6) is 5.75 Å². The van der Waals surface area contributed by atoms with E-state index in [1.54, 1.807) is 12.1 Å². The summed E-state index contributed by atoms with van der Waals surface area (Å²) in [5, 5.41) is 10.6. The Labute approximate surface area is 118 Å². The van der Waals surface area contributed by atoms with Crippen LogP contribution in [0.1, 0.15) is 13.3 Å². The van der Waals surface area contributed by atoms with E-state index in [-0.39, 0.29) is 11.8 Å². The molecule has 0 saturated carbocycles. The molecule has 1 unspecified atom stereocenters. The van der Waals surface area contributed by atoms with Crippen LogP contribution in [-0.2, 0) is 4.74 Å². The van der Waals surface area contributed by atoms with E-state index < -0.39 is 4.92 Å². The molecule has 1 aromatic rings. The number of rotatable bonds is 6. The van der Waals surface area contributed by atoms with Gasteiger partial charge in [-0.2, -0.15) is 0 Å². The number of hydrogen-bond acceptors (Lipinski definition) is 5. The zero-order valence-electron chi connectivity index (χ0n) is 11.7. The van der Waals surface area contributed by atoms with Crippen molar-refractivity contribution in [2.75, 3.05) is 32.8 Å². The van der Waals surface area contributed by atoms with E-state index >= 15 is 0 Å². The van der Waals surface area contributed by atoms with Crippen molar-refractivity contribution in [2.24, 2.45) is 0 Å². The highest BCUT2D eigenvalue weighted by atomic mass is 16.6. The Bertz CT molecular complexity index is 429. The molecule has 1 fully saturated rings. The summed E-state index contributed by atoms with van der Waals surface area (Å²) in [6, 6.07) is 6.21. The van der Waals surface area contributed by atoms with Gasteiger partial charge >= 0.3 is 0 Å². The molecule has 0 aromatic heterocycles. The first-order valence-electron chi connectivity index (χ1n) is 6.86. The molecule has 0 radical (unpaired) electrons. The summed E-state index contributed by atoms with van der Waals surface area (Å²) < 4.78 is 11.1. The summed E-state index contributed by atoms with van der Waals surface area (Å²) in [6.45, 7) is 6.56. The van der Waals surface area contributed by atoms with E-state index in [2.05, 4.69) is 4.90 Å². The average molecular weight is 280 g/mol. The third-order valence-electron chi connectivity index (χ3n) is 3.34. The van der Waals surface area contributed by atoms with Gasteiger partial charge in [0.1, 0.15) is 5.75 Å². The fourth-order valence-electron chi connectivity index (χ4n) is 2.13. The van der Waals surface area contributed by atoms with Crippen LogP contribution >= 0.6 is 0 Å². The smallest absolute Gasteiger partial charge is 0.269 e. The second kappa shape index (κ2) is 7.21. The lowest BCUT2D eigenvalue weighted by Crippen LogP contribution is -2.38. The van der Waals surface area contributed by atoms with Crippen LogP contribution in [0.15, 0.2) is 24.3 Å². The second-order valence-corrected chi connectivity index (χ2v) is 4.92. The van der Waals surface area contributed by atoms with Crippen molar-refractivity contribution in [3.05, 3.63) is 34.4 Å². The molecule has 1 aliphatic rings. The maximum Gasteiger partial charge on any atom is 0.269 e. The van der Waals surface area contributed by atoms with Crippen LogP contribution in [0.2, 0.25) is 0 Å². The molecular weight excluding hydrogens is 260 g/mol. The van der Waals surface area contributed by atoms with Crippen LogP contribution in [0.4, 0.5) is 5.69 Å². The molecular formula is C14H20N2O4. The number of nitro benzene ring substituents is 1. The molecule has 0 spiro atoms. The van der Waals surface area contributed by atoms with Gasteiger partial charge in [0.25, 0.3) is 5.69 Å². The molecule has 0 bridgehead atoms. The SMILES string of the molecule is CC(CCN1CCOCC1)Oc1ccc([N+](=O)[O-])cc1. The Hall–Kier alpha value is -1.66. The van der Waals surface area contributed by atoms with Gasteiger partial charge in [0.05, 0.1) is 24.2 Å². The summed E-state index contributed by atoms with van der Waals surface area (Å²) in [5.41, 5.74) is 0.0818. The molecule has 1 saturated heterocycles. The topological polar surface area (TPSA) is 64.8 Å². The van der Waals surface area contributed by atoms with Crippen LogP contribution in [0, 0.1) is 10.1 Å². The fourth-order valence-corrected chi connectivity index (χ4v) is 2.13. The van der Waals surface area contributed by atoms with Gasteiger partial charge in [0, 0.05) is 31.8 Å². The summed E-state index contributed by atoms with van der Waals surface area (Å²) in [6.07, 6.45) is 1.01. The van der Waals surface area contributed by atoms with Crippen LogP contribution in [-0.4, -0.2) is 48.8 Å². The Kier molecular flexibility index (Phi) is 5.31. The molecule has 110 valence electrons. The monoisotopic (exact) mass is 280 g/mol. The molecule has 1 aliphatic heterocycles. The molecule has 1 atom stereocenters. The van der Waals surface area contributed by atoms with E-state index in [0.29, 0.717) is 5.75 Å². The van der Waals surface area contributed by atoms with E-state index in [1.165, 1.54) is 12.1 Å². The lowest BCUT2D eigenvalue weighted by molar-refractivity contribution is -0.384. The predicted octanol–water partition coefficient (Wildman–Crippen LogP) is 2.08. The first kappa shape index (κ1) is 14.7. The Morgan fingerprint density at radius 1 is 1.35 bits per heavy atom. The standard InChI is InChI=1S/C14H20N2O4/c1-12(6-7-15-8-10-19-11-9-15)20-14-4-2-13(3-5-14)16(17)18/h2-5,12H,6-11H2,1H3. The van der Waals surface area contributed by atoms with Gasteiger partial charge in [0.2, 0.25) is 0 Å². The molecule has 2 rings (SSSR count). The van der Waals surface area contributed by atoms with E-state index in [4.69, 9.17) is 9.47 Å². The van der Waals surface area contributed by atoms with Crippen molar-refractivity contribution < 1.29 is 14.4 Å². The minimum Gasteiger partial charge on any atom is -0.491 e. The van der Waals surface area contributed by atoms with Crippen molar-refractivity contribution >= 4 is 5.69 Å². The van der Waals surface area contributed by atoms with Gasteiger partial charge < -0.3 is 9.47 Å². The van der Waals surface area contributed by atoms with E-state index in [9.17, 15) is 10.1 Å². The minimum absolute atomic E-state index is 0.0818. The van der Waals surface area contributed by atoms with Crippen LogP contribution in [0.25, 0.3) is 0 Å². The molecule has 0 amide bonds. The van der Waals surface area contributed by atoms with Crippen molar-refractivity contribution in [3.8, 4) is 5.75 Å². The van der Waals surface area contributed by atoms with Gasteiger partial charge in [-0.15, -0.1) is 0 Å². The molecule has 6 nitrogen and oxygen atoms in total. The molecule has 20 heavy (non-hydrogen) atoms. The maximum absolute atomic E-state index is 10.6. The number of benzene rings is 1. The number of nitrogens with zero attached hydrogens (tertiary/aromatic N) is 2. The number of morpholine rings is 1. The average Bonchev–Trinajstić information content (AvgIpc) is 2.47.